The van der Waals surface area contributed by atoms with E-state index in [1.54, 1.807) is 48.4 Å². The smallest absolute Gasteiger partial charge is 0.247 e. The molecule has 4 rings (SSSR count). The molecule has 4 aromatic rings. The maximum atomic E-state index is 13.8. The number of nitrogens with zero attached hydrogens (tertiary/aromatic N) is 5. The molecule has 37 heavy (non-hydrogen) atoms. The van der Waals surface area contributed by atoms with Crippen LogP contribution in [0.4, 0.5) is 0 Å². The van der Waals surface area contributed by atoms with Crippen molar-refractivity contribution in [3.63, 3.8) is 0 Å². The molecule has 0 unspecified atom stereocenters. The Bertz CT molecular complexity index is 1340. The summed E-state index contributed by atoms with van der Waals surface area (Å²) in [6, 6.07) is 13.6. The standard InChI is InChI=1S/C26H30N6O4S/c1-17-8-13-21(36-17)24-28-30-32(29-24)16-22(33)31(15-20-7-6-14-37-20)23(25(34)27-26(2,3)4)18-9-11-19(35-5)12-10-18/h6-14,23H,15-16H2,1-5H3,(H,27,34)/t23-/m0/s1. The zero-order valence-electron chi connectivity index (χ0n) is 21.5. The molecule has 0 aliphatic carbocycles. The second-order valence-corrected chi connectivity index (χ2v) is 10.6. The first-order valence-corrected chi connectivity index (χ1v) is 12.6. The molecule has 0 saturated carbocycles. The molecule has 0 aliphatic heterocycles. The van der Waals surface area contributed by atoms with Gasteiger partial charge in [-0.05, 0) is 74.2 Å². The Balaban J connectivity index is 1.68. The van der Waals surface area contributed by atoms with Crippen molar-refractivity contribution in [2.75, 3.05) is 7.11 Å². The van der Waals surface area contributed by atoms with Gasteiger partial charge in [0.15, 0.2) is 5.76 Å². The summed E-state index contributed by atoms with van der Waals surface area (Å²) >= 11 is 1.51. The van der Waals surface area contributed by atoms with Gasteiger partial charge in [-0.15, -0.1) is 21.5 Å². The second-order valence-electron chi connectivity index (χ2n) is 9.57. The van der Waals surface area contributed by atoms with E-state index in [1.807, 2.05) is 45.2 Å². The summed E-state index contributed by atoms with van der Waals surface area (Å²) < 4.78 is 10.9. The van der Waals surface area contributed by atoms with E-state index in [2.05, 4.69) is 20.7 Å². The van der Waals surface area contributed by atoms with Gasteiger partial charge in [-0.3, -0.25) is 9.59 Å². The molecule has 1 N–H and O–H groups in total. The molecule has 11 heteroatoms. The van der Waals surface area contributed by atoms with Gasteiger partial charge in [-0.25, -0.2) is 0 Å². The first-order valence-electron chi connectivity index (χ1n) is 11.8. The third kappa shape index (κ3) is 6.62. The van der Waals surface area contributed by atoms with Gasteiger partial charge >= 0.3 is 0 Å². The van der Waals surface area contributed by atoms with Crippen LogP contribution in [0.1, 0.15) is 43.0 Å². The Hall–Kier alpha value is -3.99. The summed E-state index contributed by atoms with van der Waals surface area (Å²) in [5.41, 5.74) is 0.161. The highest BCUT2D eigenvalue weighted by Gasteiger charge is 2.34. The van der Waals surface area contributed by atoms with Crippen LogP contribution in [0.3, 0.4) is 0 Å². The lowest BCUT2D eigenvalue weighted by Crippen LogP contribution is -2.49. The first kappa shape index (κ1) is 26.1. The van der Waals surface area contributed by atoms with Gasteiger partial charge < -0.3 is 19.4 Å². The number of carbonyl (C=O) groups is 2. The summed E-state index contributed by atoms with van der Waals surface area (Å²) in [6.07, 6.45) is 0. The number of ether oxygens (including phenoxy) is 1. The van der Waals surface area contributed by atoms with E-state index in [-0.39, 0.29) is 30.7 Å². The molecule has 1 aromatic carbocycles. The molecule has 0 fully saturated rings. The van der Waals surface area contributed by atoms with Gasteiger partial charge in [0, 0.05) is 10.4 Å². The molecule has 1 atom stereocenters. The molecule has 0 bridgehead atoms. The highest BCUT2D eigenvalue weighted by atomic mass is 32.1. The van der Waals surface area contributed by atoms with Crippen molar-refractivity contribution < 1.29 is 18.7 Å². The van der Waals surface area contributed by atoms with E-state index in [4.69, 9.17) is 9.15 Å². The fourth-order valence-electron chi connectivity index (χ4n) is 3.77. The lowest BCUT2D eigenvalue weighted by atomic mass is 10.0. The number of nitrogens with one attached hydrogen (secondary N) is 1. The number of rotatable bonds is 9. The number of hydrogen-bond acceptors (Lipinski definition) is 8. The summed E-state index contributed by atoms with van der Waals surface area (Å²) in [7, 11) is 1.58. The molecule has 10 nitrogen and oxygen atoms in total. The molecule has 0 radical (unpaired) electrons. The fraction of sp³-hybridized carbons (Fsp3) is 0.346. The number of methoxy groups -OCH3 is 1. The summed E-state index contributed by atoms with van der Waals surface area (Å²) in [5, 5.41) is 17.3. The highest BCUT2D eigenvalue weighted by molar-refractivity contribution is 7.09. The van der Waals surface area contributed by atoms with Crippen molar-refractivity contribution in [1.29, 1.82) is 0 Å². The lowest BCUT2D eigenvalue weighted by Gasteiger charge is -2.33. The van der Waals surface area contributed by atoms with Gasteiger partial charge in [0.25, 0.3) is 0 Å². The minimum absolute atomic E-state index is 0.201. The van der Waals surface area contributed by atoms with Crippen LogP contribution in [-0.2, 0) is 22.7 Å². The molecule has 0 spiro atoms. The van der Waals surface area contributed by atoms with Gasteiger partial charge in [0.05, 0.1) is 13.7 Å². The minimum Gasteiger partial charge on any atom is -0.497 e. The zero-order valence-corrected chi connectivity index (χ0v) is 22.3. The number of thiophene rings is 1. The Kier molecular flexibility index (Phi) is 7.72. The number of aryl methyl sites for hydroxylation is 1. The van der Waals surface area contributed by atoms with Gasteiger partial charge in [0.1, 0.15) is 24.1 Å². The topological polar surface area (TPSA) is 115 Å². The van der Waals surface area contributed by atoms with Crippen LogP contribution in [0.15, 0.2) is 58.3 Å². The van der Waals surface area contributed by atoms with E-state index >= 15 is 0 Å². The quantitative estimate of drug-likeness (QED) is 0.353. The first-order chi connectivity index (χ1) is 17.6. The molecule has 194 valence electrons. The van der Waals surface area contributed by atoms with Crippen LogP contribution in [-0.4, -0.2) is 49.6 Å². The normalized spacial score (nSPS) is 12.2. The Morgan fingerprint density at radius 1 is 1.16 bits per heavy atom. The van der Waals surface area contributed by atoms with Crippen molar-refractivity contribution in [3.8, 4) is 17.3 Å². The second kappa shape index (κ2) is 11.0. The average molecular weight is 523 g/mol. The van der Waals surface area contributed by atoms with E-state index < -0.39 is 11.6 Å². The van der Waals surface area contributed by atoms with Gasteiger partial charge in [0.2, 0.25) is 17.6 Å². The number of hydrogen-bond donors (Lipinski definition) is 1. The van der Waals surface area contributed by atoms with E-state index in [1.165, 1.54) is 16.1 Å². The van der Waals surface area contributed by atoms with Crippen LogP contribution >= 0.6 is 11.3 Å². The Labute approximate surface area is 219 Å². The van der Waals surface area contributed by atoms with Crippen LogP contribution in [0.25, 0.3) is 11.6 Å². The number of furan rings is 1. The average Bonchev–Trinajstić information content (AvgIpc) is 3.60. The summed E-state index contributed by atoms with van der Waals surface area (Å²) in [4.78, 5) is 31.1. The van der Waals surface area contributed by atoms with Crippen molar-refractivity contribution in [3.05, 3.63) is 70.1 Å². The van der Waals surface area contributed by atoms with Gasteiger partial charge in [-0.2, -0.15) is 4.80 Å². The van der Waals surface area contributed by atoms with Crippen molar-refractivity contribution >= 4 is 23.2 Å². The van der Waals surface area contributed by atoms with Gasteiger partial charge in [-0.1, -0.05) is 18.2 Å². The predicted octanol–water partition coefficient (Wildman–Crippen LogP) is 4.00. The molecule has 0 aliphatic rings. The van der Waals surface area contributed by atoms with E-state index in [9.17, 15) is 9.59 Å². The molecule has 0 saturated heterocycles. The largest absolute Gasteiger partial charge is 0.497 e. The highest BCUT2D eigenvalue weighted by Crippen LogP contribution is 2.28. The molecular formula is C26H30N6O4S. The maximum Gasteiger partial charge on any atom is 0.247 e. The lowest BCUT2D eigenvalue weighted by molar-refractivity contribution is -0.143. The number of amides is 2. The van der Waals surface area contributed by atoms with Crippen LogP contribution in [0, 0.1) is 6.92 Å². The third-order valence-electron chi connectivity index (χ3n) is 5.41. The van der Waals surface area contributed by atoms with E-state index in [0.717, 1.165) is 10.6 Å². The van der Waals surface area contributed by atoms with Crippen molar-refractivity contribution in [1.82, 2.24) is 30.4 Å². The van der Waals surface area contributed by atoms with Crippen LogP contribution in [0.5, 0.6) is 5.75 Å². The Morgan fingerprint density at radius 3 is 2.51 bits per heavy atom. The monoisotopic (exact) mass is 522 g/mol. The number of aromatic nitrogens is 4. The summed E-state index contributed by atoms with van der Waals surface area (Å²) in [6.45, 7) is 7.56. The predicted molar refractivity (Wildman–Crippen MR) is 139 cm³/mol. The zero-order chi connectivity index (χ0) is 26.6. The summed E-state index contributed by atoms with van der Waals surface area (Å²) in [5.74, 6) is 1.49. The number of tetrazole rings is 1. The van der Waals surface area contributed by atoms with Crippen LogP contribution < -0.4 is 10.1 Å². The molecular weight excluding hydrogens is 492 g/mol. The third-order valence-corrected chi connectivity index (χ3v) is 6.27. The maximum absolute atomic E-state index is 13.8. The molecule has 2 amide bonds. The SMILES string of the molecule is COc1ccc([C@@H](C(=O)NC(C)(C)C)N(Cc2cccs2)C(=O)Cn2nnc(-c3ccc(C)o3)n2)cc1. The number of benzene rings is 1. The molecule has 3 heterocycles. The van der Waals surface area contributed by atoms with Crippen LogP contribution in [0.2, 0.25) is 0 Å². The molecule has 3 aromatic heterocycles. The van der Waals surface area contributed by atoms with Crippen molar-refractivity contribution in [2.45, 2.75) is 52.4 Å². The van der Waals surface area contributed by atoms with E-state index in [0.29, 0.717) is 17.1 Å². The number of carbonyl (C=O) groups excluding carboxylic acids is 2. The minimum atomic E-state index is -0.893. The Morgan fingerprint density at radius 2 is 1.92 bits per heavy atom. The van der Waals surface area contributed by atoms with Crippen molar-refractivity contribution in [2.24, 2.45) is 0 Å². The fourth-order valence-corrected chi connectivity index (χ4v) is 4.47.